The van der Waals surface area contributed by atoms with Crippen LogP contribution in [-0.4, -0.2) is 51.4 Å². The van der Waals surface area contributed by atoms with E-state index in [1.165, 1.54) is 0 Å². The van der Waals surface area contributed by atoms with Gasteiger partial charge < -0.3 is 9.88 Å². The van der Waals surface area contributed by atoms with Gasteiger partial charge in [-0.05, 0) is 36.8 Å². The number of carbonyl (C=O) groups is 1. The molecule has 4 rings (SSSR count). The van der Waals surface area contributed by atoms with Crippen molar-refractivity contribution in [1.82, 2.24) is 19.8 Å². The molecule has 0 saturated carbocycles. The van der Waals surface area contributed by atoms with E-state index >= 15 is 0 Å². The van der Waals surface area contributed by atoms with E-state index in [9.17, 15) is 4.79 Å². The first kappa shape index (κ1) is 16.6. The second-order valence-corrected chi connectivity index (χ2v) is 8.03. The zero-order chi connectivity index (χ0) is 17.4. The number of nitrogens with zero attached hydrogens (tertiary/aromatic N) is 3. The first-order chi connectivity index (χ1) is 12.1. The molecule has 2 atom stereocenters. The summed E-state index contributed by atoms with van der Waals surface area (Å²) in [4.78, 5) is 25.2. The fraction of sp³-hybridized carbons (Fsp3) is 0.600. The molecule has 0 aliphatic carbocycles. The largest absolute Gasteiger partial charge is 0.341 e. The topological polar surface area (TPSA) is 52.2 Å². The molecule has 0 radical (unpaired) electrons. The predicted octanol–water partition coefficient (Wildman–Crippen LogP) is 3.03. The highest BCUT2D eigenvalue weighted by Crippen LogP contribution is 2.32. The van der Waals surface area contributed by atoms with Gasteiger partial charge in [-0.25, -0.2) is 4.98 Å². The molecule has 2 aliphatic heterocycles. The number of rotatable bonds is 4. The molecule has 0 bridgehead atoms. The van der Waals surface area contributed by atoms with Crippen molar-refractivity contribution in [2.45, 2.75) is 45.7 Å². The van der Waals surface area contributed by atoms with Crippen molar-refractivity contribution in [2.24, 2.45) is 11.8 Å². The van der Waals surface area contributed by atoms with E-state index in [1.807, 2.05) is 12.1 Å². The summed E-state index contributed by atoms with van der Waals surface area (Å²) in [5.41, 5.74) is 2.15. The number of hydrogen-bond acceptors (Lipinski definition) is 3. The molecular formula is C20H28N4O. The minimum atomic E-state index is 0.362. The zero-order valence-corrected chi connectivity index (χ0v) is 15.2. The van der Waals surface area contributed by atoms with Crippen molar-refractivity contribution in [1.29, 1.82) is 0 Å². The summed E-state index contributed by atoms with van der Waals surface area (Å²) in [5.74, 6) is 2.55. The van der Waals surface area contributed by atoms with Gasteiger partial charge in [0.05, 0.1) is 17.6 Å². The predicted molar refractivity (Wildman–Crippen MR) is 99.1 cm³/mol. The van der Waals surface area contributed by atoms with Gasteiger partial charge in [-0.15, -0.1) is 0 Å². The summed E-state index contributed by atoms with van der Waals surface area (Å²) in [6.45, 7) is 8.30. The quantitative estimate of drug-likeness (QED) is 0.931. The minimum absolute atomic E-state index is 0.362. The van der Waals surface area contributed by atoms with Gasteiger partial charge in [0.25, 0.3) is 0 Å². The number of amides is 1. The highest BCUT2D eigenvalue weighted by atomic mass is 16.2. The summed E-state index contributed by atoms with van der Waals surface area (Å²) in [6, 6.07) is 8.64. The Balaban J connectivity index is 1.43. The number of carbonyl (C=O) groups excluding carboxylic acids is 1. The second-order valence-electron chi connectivity index (χ2n) is 8.03. The Hall–Kier alpha value is -1.88. The summed E-state index contributed by atoms with van der Waals surface area (Å²) < 4.78 is 0. The van der Waals surface area contributed by atoms with E-state index in [-0.39, 0.29) is 0 Å². The SMILES string of the molecule is CC(C)CN1C(=O)CC[C@H]2CN(Cc3nc4ccccc4[nH]3)CC[C@H]21. The Morgan fingerprint density at radius 1 is 1.28 bits per heavy atom. The molecule has 2 fully saturated rings. The van der Waals surface area contributed by atoms with E-state index < -0.39 is 0 Å². The number of nitrogens with one attached hydrogen (secondary N) is 1. The van der Waals surface area contributed by atoms with Crippen LogP contribution < -0.4 is 0 Å². The number of imidazole rings is 1. The van der Waals surface area contributed by atoms with Crippen LogP contribution in [0.5, 0.6) is 0 Å². The van der Waals surface area contributed by atoms with Crippen molar-refractivity contribution in [3.8, 4) is 0 Å². The third kappa shape index (κ3) is 3.43. The van der Waals surface area contributed by atoms with Gasteiger partial charge in [0.1, 0.15) is 5.82 Å². The van der Waals surface area contributed by atoms with Crippen LogP contribution in [0.25, 0.3) is 11.0 Å². The van der Waals surface area contributed by atoms with E-state index in [4.69, 9.17) is 4.98 Å². The van der Waals surface area contributed by atoms with Gasteiger partial charge in [-0.3, -0.25) is 9.69 Å². The fourth-order valence-electron chi connectivity index (χ4n) is 4.49. The van der Waals surface area contributed by atoms with Gasteiger partial charge in [0, 0.05) is 32.1 Å². The molecular weight excluding hydrogens is 312 g/mol. The number of benzene rings is 1. The first-order valence-corrected chi connectivity index (χ1v) is 9.55. The van der Waals surface area contributed by atoms with Crippen molar-refractivity contribution < 1.29 is 4.79 Å². The molecule has 0 spiro atoms. The van der Waals surface area contributed by atoms with Crippen molar-refractivity contribution in [3.63, 3.8) is 0 Å². The van der Waals surface area contributed by atoms with E-state index in [2.05, 4.69) is 40.8 Å². The lowest BCUT2D eigenvalue weighted by Crippen LogP contribution is -2.56. The number of aromatic nitrogens is 2. The van der Waals surface area contributed by atoms with Gasteiger partial charge >= 0.3 is 0 Å². The van der Waals surface area contributed by atoms with E-state index in [0.717, 1.165) is 55.9 Å². The molecule has 1 N–H and O–H groups in total. The Morgan fingerprint density at radius 3 is 2.92 bits per heavy atom. The molecule has 134 valence electrons. The Kier molecular flexibility index (Phi) is 4.50. The molecule has 5 heteroatoms. The van der Waals surface area contributed by atoms with Crippen LogP contribution in [0.3, 0.4) is 0 Å². The minimum Gasteiger partial charge on any atom is -0.341 e. The number of likely N-dealkylation sites (tertiary alicyclic amines) is 2. The van der Waals surface area contributed by atoms with Crippen LogP contribution in [0.4, 0.5) is 0 Å². The fourth-order valence-corrected chi connectivity index (χ4v) is 4.49. The smallest absolute Gasteiger partial charge is 0.222 e. The molecule has 1 aromatic carbocycles. The molecule has 2 aliphatic rings. The normalized spacial score (nSPS) is 24.9. The number of piperidine rings is 2. The maximum atomic E-state index is 12.4. The third-order valence-electron chi connectivity index (χ3n) is 5.60. The van der Waals surface area contributed by atoms with Crippen molar-refractivity contribution in [3.05, 3.63) is 30.1 Å². The summed E-state index contributed by atoms with van der Waals surface area (Å²) in [7, 11) is 0. The molecule has 1 aromatic heterocycles. The number of aromatic amines is 1. The number of para-hydroxylation sites is 2. The number of fused-ring (bicyclic) bond motifs is 2. The van der Waals surface area contributed by atoms with Gasteiger partial charge in [0.15, 0.2) is 0 Å². The van der Waals surface area contributed by atoms with Gasteiger partial charge in [0.2, 0.25) is 5.91 Å². The average Bonchev–Trinajstić information content (AvgIpc) is 2.99. The Morgan fingerprint density at radius 2 is 2.12 bits per heavy atom. The monoisotopic (exact) mass is 340 g/mol. The summed E-state index contributed by atoms with van der Waals surface area (Å²) in [5, 5.41) is 0. The first-order valence-electron chi connectivity index (χ1n) is 9.55. The molecule has 0 unspecified atom stereocenters. The van der Waals surface area contributed by atoms with Crippen LogP contribution in [0.1, 0.15) is 38.9 Å². The highest BCUT2D eigenvalue weighted by Gasteiger charge is 2.39. The summed E-state index contributed by atoms with van der Waals surface area (Å²) >= 11 is 0. The standard InChI is InChI=1S/C20H28N4O/c1-14(2)11-24-18-9-10-23(12-15(18)7-8-20(24)25)13-19-21-16-5-3-4-6-17(16)22-19/h3-6,14-15,18H,7-13H2,1-2H3,(H,21,22)/t15-,18+/m0/s1. The highest BCUT2D eigenvalue weighted by molar-refractivity contribution is 5.77. The second kappa shape index (κ2) is 6.79. The summed E-state index contributed by atoms with van der Waals surface area (Å²) in [6.07, 6.45) is 2.84. The molecule has 1 amide bonds. The maximum Gasteiger partial charge on any atom is 0.222 e. The van der Waals surface area contributed by atoms with Gasteiger partial charge in [-0.1, -0.05) is 26.0 Å². The van der Waals surface area contributed by atoms with Crippen LogP contribution in [-0.2, 0) is 11.3 Å². The lowest BCUT2D eigenvalue weighted by molar-refractivity contribution is -0.142. The molecule has 2 saturated heterocycles. The van der Waals surface area contributed by atoms with Crippen LogP contribution >= 0.6 is 0 Å². The lowest BCUT2D eigenvalue weighted by atomic mass is 9.83. The Labute approximate surface area is 149 Å². The third-order valence-corrected chi connectivity index (χ3v) is 5.60. The van der Waals surface area contributed by atoms with Crippen LogP contribution in [0.2, 0.25) is 0 Å². The molecule has 3 heterocycles. The number of hydrogen-bond donors (Lipinski definition) is 1. The zero-order valence-electron chi connectivity index (χ0n) is 15.2. The number of H-pyrrole nitrogens is 1. The molecule has 25 heavy (non-hydrogen) atoms. The van der Waals surface area contributed by atoms with E-state index in [0.29, 0.717) is 30.2 Å². The van der Waals surface area contributed by atoms with Crippen LogP contribution in [0.15, 0.2) is 24.3 Å². The molecule has 2 aromatic rings. The average molecular weight is 340 g/mol. The maximum absolute atomic E-state index is 12.4. The lowest BCUT2D eigenvalue weighted by Gasteiger charge is -2.47. The van der Waals surface area contributed by atoms with E-state index in [1.54, 1.807) is 0 Å². The Bertz CT molecular complexity index is 720. The van der Waals surface area contributed by atoms with Crippen LogP contribution in [0, 0.1) is 11.8 Å². The van der Waals surface area contributed by atoms with Crippen molar-refractivity contribution in [2.75, 3.05) is 19.6 Å². The molecule has 5 nitrogen and oxygen atoms in total. The van der Waals surface area contributed by atoms with Gasteiger partial charge in [-0.2, -0.15) is 0 Å². The van der Waals surface area contributed by atoms with Crippen molar-refractivity contribution >= 4 is 16.9 Å².